The first-order valence-electron chi connectivity index (χ1n) is 5.78. The van der Waals surface area contributed by atoms with Crippen molar-refractivity contribution in [3.8, 4) is 11.5 Å². The fourth-order valence-corrected chi connectivity index (χ4v) is 2.02. The number of nitrogens with zero attached hydrogens (tertiary/aromatic N) is 4. The van der Waals surface area contributed by atoms with Crippen molar-refractivity contribution < 1.29 is 14.3 Å². The number of aryl methyl sites for hydroxylation is 1. The molecule has 1 N–H and O–H groups in total. The number of nitrogens with one attached hydrogen (secondary N) is 1. The molecule has 0 fully saturated rings. The van der Waals surface area contributed by atoms with E-state index < -0.39 is 0 Å². The predicted octanol–water partition coefficient (Wildman–Crippen LogP) is 0.887. The number of amides is 1. The Kier molecular flexibility index (Phi) is 3.15. The average molecular weight is 296 g/mol. The third kappa shape index (κ3) is 2.25. The molecule has 0 spiro atoms. The number of carbonyl (C=O) groups excluding carboxylic acids is 1. The normalized spacial score (nSPS) is 13.1. The van der Waals surface area contributed by atoms with Crippen LogP contribution in [0.3, 0.4) is 0 Å². The second-order valence-electron chi connectivity index (χ2n) is 4.06. The number of benzene rings is 1. The summed E-state index contributed by atoms with van der Waals surface area (Å²) in [5.41, 5.74) is 0.335. The van der Waals surface area contributed by atoms with Gasteiger partial charge in [-0.25, -0.2) is 4.68 Å². The molecule has 2 aromatic rings. The number of hydrogen-bond acceptors (Lipinski definition) is 6. The van der Waals surface area contributed by atoms with Gasteiger partial charge in [-0.05, 0) is 22.6 Å². The zero-order valence-corrected chi connectivity index (χ0v) is 11.2. The highest BCUT2D eigenvalue weighted by atomic mass is 35.5. The fraction of sp³-hybridized carbons (Fsp3) is 0.273. The van der Waals surface area contributed by atoms with Crippen LogP contribution in [0, 0.1) is 0 Å². The fourth-order valence-electron chi connectivity index (χ4n) is 1.75. The third-order valence-corrected chi connectivity index (χ3v) is 2.99. The number of ether oxygens (including phenoxy) is 2. The van der Waals surface area contributed by atoms with Crippen LogP contribution in [0.1, 0.15) is 10.4 Å². The largest absolute Gasteiger partial charge is 0.486 e. The molecule has 0 bridgehead atoms. The molecule has 20 heavy (non-hydrogen) atoms. The summed E-state index contributed by atoms with van der Waals surface area (Å²) >= 11 is 6.07. The van der Waals surface area contributed by atoms with E-state index in [9.17, 15) is 4.79 Å². The molecule has 1 aliphatic rings. The summed E-state index contributed by atoms with van der Waals surface area (Å²) in [6, 6.07) is 3.08. The SMILES string of the molecule is Cn1nnnc1NC(=O)c1cc(Cl)c2c(c1)OCCO2. The van der Waals surface area contributed by atoms with Crippen LogP contribution in [0.4, 0.5) is 5.95 Å². The first kappa shape index (κ1) is 12.7. The smallest absolute Gasteiger partial charge is 0.258 e. The van der Waals surface area contributed by atoms with E-state index in [4.69, 9.17) is 21.1 Å². The van der Waals surface area contributed by atoms with Crippen LogP contribution in [0.5, 0.6) is 11.5 Å². The Balaban J connectivity index is 1.88. The molecule has 0 unspecified atom stereocenters. The van der Waals surface area contributed by atoms with Gasteiger partial charge in [0, 0.05) is 12.6 Å². The maximum Gasteiger partial charge on any atom is 0.258 e. The lowest BCUT2D eigenvalue weighted by molar-refractivity contribution is 0.102. The van der Waals surface area contributed by atoms with Crippen molar-refractivity contribution in [3.63, 3.8) is 0 Å². The number of anilines is 1. The molecule has 0 saturated carbocycles. The van der Waals surface area contributed by atoms with Crippen LogP contribution in [0.15, 0.2) is 12.1 Å². The Morgan fingerprint density at radius 1 is 1.40 bits per heavy atom. The number of halogens is 1. The molecule has 104 valence electrons. The Bertz CT molecular complexity index is 672. The first-order chi connectivity index (χ1) is 9.65. The van der Waals surface area contributed by atoms with E-state index in [1.165, 1.54) is 10.7 Å². The van der Waals surface area contributed by atoms with Gasteiger partial charge in [-0.2, -0.15) is 0 Å². The molecular weight excluding hydrogens is 286 g/mol. The van der Waals surface area contributed by atoms with Crippen LogP contribution >= 0.6 is 11.6 Å². The molecule has 0 aliphatic carbocycles. The Morgan fingerprint density at radius 3 is 2.95 bits per heavy atom. The predicted molar refractivity (Wildman–Crippen MR) is 69.2 cm³/mol. The maximum atomic E-state index is 12.1. The van der Waals surface area contributed by atoms with Crippen molar-refractivity contribution in [1.82, 2.24) is 20.2 Å². The van der Waals surface area contributed by atoms with E-state index >= 15 is 0 Å². The van der Waals surface area contributed by atoms with Gasteiger partial charge >= 0.3 is 0 Å². The van der Waals surface area contributed by atoms with Crippen molar-refractivity contribution in [2.24, 2.45) is 7.05 Å². The quantitative estimate of drug-likeness (QED) is 0.884. The van der Waals surface area contributed by atoms with E-state index in [1.807, 2.05) is 0 Å². The highest BCUT2D eigenvalue weighted by Gasteiger charge is 2.20. The molecule has 1 aromatic carbocycles. The molecule has 1 aliphatic heterocycles. The van der Waals surface area contributed by atoms with Crippen LogP contribution in [0.25, 0.3) is 0 Å². The average Bonchev–Trinajstić information content (AvgIpc) is 2.84. The monoisotopic (exact) mass is 295 g/mol. The van der Waals surface area contributed by atoms with Gasteiger partial charge in [0.05, 0.1) is 5.02 Å². The van der Waals surface area contributed by atoms with Gasteiger partial charge in [0.15, 0.2) is 11.5 Å². The zero-order chi connectivity index (χ0) is 14.1. The highest BCUT2D eigenvalue weighted by Crippen LogP contribution is 2.38. The minimum absolute atomic E-state index is 0.237. The van der Waals surface area contributed by atoms with Gasteiger partial charge in [0.2, 0.25) is 5.95 Å². The van der Waals surface area contributed by atoms with Crippen LogP contribution < -0.4 is 14.8 Å². The Hall–Kier alpha value is -2.35. The van der Waals surface area contributed by atoms with E-state index in [2.05, 4.69) is 20.8 Å². The van der Waals surface area contributed by atoms with Gasteiger partial charge in [0.1, 0.15) is 13.2 Å². The summed E-state index contributed by atoms with van der Waals surface area (Å²) in [5, 5.41) is 13.6. The van der Waals surface area contributed by atoms with E-state index in [1.54, 1.807) is 13.1 Å². The lowest BCUT2D eigenvalue weighted by Gasteiger charge is -2.20. The van der Waals surface area contributed by atoms with Crippen molar-refractivity contribution in [1.29, 1.82) is 0 Å². The molecule has 0 saturated heterocycles. The molecule has 0 radical (unpaired) electrons. The second kappa shape index (κ2) is 4.97. The molecule has 9 heteroatoms. The van der Waals surface area contributed by atoms with Crippen LogP contribution in [-0.4, -0.2) is 39.3 Å². The maximum absolute atomic E-state index is 12.1. The number of aromatic nitrogens is 4. The summed E-state index contributed by atoms with van der Waals surface area (Å²) < 4.78 is 12.2. The molecule has 8 nitrogen and oxygen atoms in total. The standard InChI is InChI=1S/C11H10ClN5O3/c1-17-11(14-15-16-17)13-10(18)6-4-7(12)9-8(5-6)19-2-3-20-9/h4-5H,2-3H2,1H3,(H,13,14,16,18). The third-order valence-electron chi connectivity index (χ3n) is 2.70. The van der Waals surface area contributed by atoms with Crippen molar-refractivity contribution in [2.45, 2.75) is 0 Å². The van der Waals surface area contributed by atoms with Gasteiger partial charge in [-0.15, -0.1) is 0 Å². The van der Waals surface area contributed by atoms with Crippen LogP contribution in [0.2, 0.25) is 5.02 Å². The molecule has 1 aromatic heterocycles. The first-order valence-corrected chi connectivity index (χ1v) is 6.16. The summed E-state index contributed by atoms with van der Waals surface area (Å²) in [5.74, 6) is 0.752. The summed E-state index contributed by atoms with van der Waals surface area (Å²) in [6.07, 6.45) is 0. The number of fused-ring (bicyclic) bond motifs is 1. The van der Waals surface area contributed by atoms with E-state index in [0.29, 0.717) is 35.3 Å². The number of rotatable bonds is 2. The van der Waals surface area contributed by atoms with Crippen molar-refractivity contribution in [3.05, 3.63) is 22.7 Å². The summed E-state index contributed by atoms with van der Waals surface area (Å²) in [7, 11) is 1.62. The van der Waals surface area contributed by atoms with E-state index in [-0.39, 0.29) is 11.9 Å². The lowest BCUT2D eigenvalue weighted by atomic mass is 10.2. The lowest BCUT2D eigenvalue weighted by Crippen LogP contribution is -2.18. The summed E-state index contributed by atoms with van der Waals surface area (Å²) in [4.78, 5) is 12.1. The van der Waals surface area contributed by atoms with Gasteiger partial charge < -0.3 is 9.47 Å². The Morgan fingerprint density at radius 2 is 2.20 bits per heavy atom. The van der Waals surface area contributed by atoms with Crippen molar-refractivity contribution in [2.75, 3.05) is 18.5 Å². The highest BCUT2D eigenvalue weighted by molar-refractivity contribution is 6.32. The number of carbonyl (C=O) groups is 1. The topological polar surface area (TPSA) is 91.2 Å². The molecule has 0 atom stereocenters. The number of hydrogen-bond donors (Lipinski definition) is 1. The minimum atomic E-state index is -0.387. The van der Waals surface area contributed by atoms with Gasteiger partial charge in [0.25, 0.3) is 5.91 Å². The number of tetrazole rings is 1. The molecule has 1 amide bonds. The Labute approximate surface area is 118 Å². The van der Waals surface area contributed by atoms with Gasteiger partial charge in [-0.1, -0.05) is 16.7 Å². The molecule has 3 rings (SSSR count). The summed E-state index contributed by atoms with van der Waals surface area (Å²) in [6.45, 7) is 0.852. The molecule has 2 heterocycles. The zero-order valence-electron chi connectivity index (χ0n) is 10.5. The van der Waals surface area contributed by atoms with E-state index in [0.717, 1.165) is 0 Å². The van der Waals surface area contributed by atoms with Gasteiger partial charge in [-0.3, -0.25) is 10.1 Å². The minimum Gasteiger partial charge on any atom is -0.486 e. The molecular formula is C11H10ClN5O3. The van der Waals surface area contributed by atoms with Crippen LogP contribution in [-0.2, 0) is 7.05 Å². The van der Waals surface area contributed by atoms with Crippen molar-refractivity contribution >= 4 is 23.5 Å². The second-order valence-corrected chi connectivity index (χ2v) is 4.47.